The Morgan fingerprint density at radius 1 is 1.35 bits per heavy atom. The van der Waals surface area contributed by atoms with Crippen LogP contribution in [0.2, 0.25) is 0 Å². The molecule has 1 aromatic carbocycles. The molecule has 0 radical (unpaired) electrons. The Bertz CT molecular complexity index is 579. The van der Waals surface area contributed by atoms with Crippen molar-refractivity contribution in [3.05, 3.63) is 47.5 Å². The third-order valence-electron chi connectivity index (χ3n) is 2.53. The lowest BCUT2D eigenvalue weighted by atomic mass is 10.1. The van der Waals surface area contributed by atoms with Gasteiger partial charge in [0.2, 0.25) is 0 Å². The van der Waals surface area contributed by atoms with E-state index >= 15 is 0 Å². The van der Waals surface area contributed by atoms with E-state index in [0.717, 1.165) is 5.69 Å². The van der Waals surface area contributed by atoms with Gasteiger partial charge in [-0.3, -0.25) is 0 Å². The molecule has 0 spiro atoms. The van der Waals surface area contributed by atoms with Crippen molar-refractivity contribution in [3.8, 4) is 11.8 Å². The largest absolute Gasteiger partial charge is 0.239 e. The summed E-state index contributed by atoms with van der Waals surface area (Å²) in [6, 6.07) is 7.97. The van der Waals surface area contributed by atoms with Crippen molar-refractivity contribution in [2.75, 3.05) is 0 Å². The first-order valence-corrected chi connectivity index (χ1v) is 5.37. The highest BCUT2D eigenvalue weighted by atomic mass is 19.1. The molecule has 17 heavy (non-hydrogen) atoms. The quantitative estimate of drug-likeness (QED) is 0.794. The summed E-state index contributed by atoms with van der Waals surface area (Å²) in [5, 5.41) is 13.3. The number of benzene rings is 1. The molecule has 0 atom stereocenters. The van der Waals surface area contributed by atoms with E-state index in [1.165, 1.54) is 12.1 Å². The van der Waals surface area contributed by atoms with Crippen LogP contribution in [0, 0.1) is 17.1 Å². The number of nitriles is 1. The molecule has 1 aromatic heterocycles. The first-order chi connectivity index (χ1) is 8.11. The number of hydrogen-bond donors (Lipinski definition) is 0. The van der Waals surface area contributed by atoms with E-state index in [4.69, 9.17) is 5.26 Å². The third kappa shape index (κ3) is 2.18. The second-order valence-electron chi connectivity index (χ2n) is 4.11. The molecule has 0 saturated carbocycles. The zero-order chi connectivity index (χ0) is 12.4. The van der Waals surface area contributed by atoms with Gasteiger partial charge in [0, 0.05) is 6.20 Å². The molecule has 0 saturated heterocycles. The van der Waals surface area contributed by atoms with Gasteiger partial charge in [-0.25, -0.2) is 9.07 Å². The predicted octanol–water partition coefficient (Wildman–Crippen LogP) is 3.01. The highest BCUT2D eigenvalue weighted by molar-refractivity contribution is 5.48. The Morgan fingerprint density at radius 3 is 2.71 bits per heavy atom. The van der Waals surface area contributed by atoms with Crippen LogP contribution in [0.4, 0.5) is 4.39 Å². The average Bonchev–Trinajstić information content (AvgIpc) is 2.78. The molecular formula is C13H12FN3. The van der Waals surface area contributed by atoms with Gasteiger partial charge in [-0.15, -0.1) is 0 Å². The van der Waals surface area contributed by atoms with E-state index < -0.39 is 5.82 Å². The predicted molar refractivity (Wildman–Crippen MR) is 62.3 cm³/mol. The fourth-order valence-corrected chi connectivity index (χ4v) is 1.58. The van der Waals surface area contributed by atoms with E-state index in [2.05, 4.69) is 5.10 Å². The number of hydrogen-bond acceptors (Lipinski definition) is 2. The zero-order valence-corrected chi connectivity index (χ0v) is 9.68. The number of halogens is 1. The minimum absolute atomic E-state index is 0.281. The molecule has 0 aliphatic heterocycles. The highest BCUT2D eigenvalue weighted by Gasteiger charge is 2.09. The summed E-state index contributed by atoms with van der Waals surface area (Å²) in [4.78, 5) is 0. The van der Waals surface area contributed by atoms with Gasteiger partial charge in [0.25, 0.3) is 0 Å². The summed E-state index contributed by atoms with van der Waals surface area (Å²) in [7, 11) is 0. The van der Waals surface area contributed by atoms with Crippen LogP contribution in [0.3, 0.4) is 0 Å². The smallest absolute Gasteiger partial charge is 0.124 e. The van der Waals surface area contributed by atoms with Crippen molar-refractivity contribution >= 4 is 0 Å². The average molecular weight is 229 g/mol. The fraction of sp³-hybridized carbons (Fsp3) is 0.231. The van der Waals surface area contributed by atoms with Crippen molar-refractivity contribution < 1.29 is 4.39 Å². The van der Waals surface area contributed by atoms with Crippen LogP contribution in [-0.2, 0) is 0 Å². The van der Waals surface area contributed by atoms with Gasteiger partial charge in [0.15, 0.2) is 0 Å². The standard InChI is InChI=1S/C13H12FN3/c1-9(2)12-5-6-17(16-12)13-4-3-11(14)7-10(13)8-15/h3-7,9H,1-2H3. The Hall–Kier alpha value is -2.15. The zero-order valence-electron chi connectivity index (χ0n) is 9.68. The molecule has 1 heterocycles. The normalized spacial score (nSPS) is 10.5. The van der Waals surface area contributed by atoms with Gasteiger partial charge in [0.05, 0.1) is 16.9 Å². The van der Waals surface area contributed by atoms with Crippen LogP contribution in [0.15, 0.2) is 30.5 Å². The SMILES string of the molecule is CC(C)c1ccn(-c2ccc(F)cc2C#N)n1. The van der Waals surface area contributed by atoms with Gasteiger partial charge in [-0.2, -0.15) is 10.4 Å². The fourth-order valence-electron chi connectivity index (χ4n) is 1.58. The maximum atomic E-state index is 13.0. The van der Waals surface area contributed by atoms with E-state index in [0.29, 0.717) is 11.6 Å². The van der Waals surface area contributed by atoms with Crippen molar-refractivity contribution in [2.45, 2.75) is 19.8 Å². The van der Waals surface area contributed by atoms with Gasteiger partial charge < -0.3 is 0 Å². The molecule has 0 bridgehead atoms. The van der Waals surface area contributed by atoms with Crippen molar-refractivity contribution in [1.29, 1.82) is 5.26 Å². The topological polar surface area (TPSA) is 41.6 Å². The summed E-state index contributed by atoms with van der Waals surface area (Å²) in [6.45, 7) is 4.09. The highest BCUT2D eigenvalue weighted by Crippen LogP contribution is 2.17. The van der Waals surface area contributed by atoms with Crippen LogP contribution < -0.4 is 0 Å². The van der Waals surface area contributed by atoms with Gasteiger partial charge in [-0.1, -0.05) is 13.8 Å². The molecule has 0 aliphatic rings. The molecule has 0 aliphatic carbocycles. The molecule has 0 fully saturated rings. The molecule has 2 rings (SSSR count). The molecule has 86 valence electrons. The van der Waals surface area contributed by atoms with Crippen LogP contribution in [-0.4, -0.2) is 9.78 Å². The second-order valence-corrected chi connectivity index (χ2v) is 4.11. The summed E-state index contributed by atoms with van der Waals surface area (Å²) in [6.07, 6.45) is 1.78. The number of aromatic nitrogens is 2. The van der Waals surface area contributed by atoms with E-state index in [9.17, 15) is 4.39 Å². The van der Waals surface area contributed by atoms with Crippen molar-refractivity contribution in [2.24, 2.45) is 0 Å². The van der Waals surface area contributed by atoms with Crippen LogP contribution in [0.25, 0.3) is 5.69 Å². The maximum Gasteiger partial charge on any atom is 0.124 e. The number of nitrogens with zero attached hydrogens (tertiary/aromatic N) is 3. The Kier molecular flexibility index (Phi) is 2.92. The lowest BCUT2D eigenvalue weighted by Crippen LogP contribution is -2.00. The van der Waals surface area contributed by atoms with Crippen LogP contribution >= 0.6 is 0 Å². The Balaban J connectivity index is 2.49. The van der Waals surface area contributed by atoms with Gasteiger partial charge in [-0.05, 0) is 30.2 Å². The molecule has 0 unspecified atom stereocenters. The molecule has 0 amide bonds. The Labute approximate surface area is 99.1 Å². The van der Waals surface area contributed by atoms with Crippen molar-refractivity contribution in [3.63, 3.8) is 0 Å². The summed E-state index contributed by atoms with van der Waals surface area (Å²) in [5.41, 5.74) is 1.82. The minimum Gasteiger partial charge on any atom is -0.239 e. The second kappa shape index (κ2) is 4.38. The van der Waals surface area contributed by atoms with Crippen molar-refractivity contribution in [1.82, 2.24) is 9.78 Å². The summed E-state index contributed by atoms with van der Waals surface area (Å²) < 4.78 is 14.6. The van der Waals surface area contributed by atoms with E-state index in [1.54, 1.807) is 16.9 Å². The molecule has 3 nitrogen and oxygen atoms in total. The van der Waals surface area contributed by atoms with E-state index in [-0.39, 0.29) is 5.56 Å². The lowest BCUT2D eigenvalue weighted by Gasteiger charge is -2.04. The van der Waals surface area contributed by atoms with Crippen LogP contribution in [0.1, 0.15) is 31.0 Å². The summed E-state index contributed by atoms with van der Waals surface area (Å²) in [5.74, 6) is -0.0937. The van der Waals surface area contributed by atoms with Gasteiger partial charge in [0.1, 0.15) is 11.9 Å². The van der Waals surface area contributed by atoms with Gasteiger partial charge >= 0.3 is 0 Å². The lowest BCUT2D eigenvalue weighted by molar-refractivity contribution is 0.626. The minimum atomic E-state index is -0.415. The Morgan fingerprint density at radius 2 is 2.12 bits per heavy atom. The summed E-state index contributed by atoms with van der Waals surface area (Å²) >= 11 is 0. The molecule has 4 heteroatoms. The first-order valence-electron chi connectivity index (χ1n) is 5.37. The third-order valence-corrected chi connectivity index (χ3v) is 2.53. The molecular weight excluding hydrogens is 217 g/mol. The maximum absolute atomic E-state index is 13.0. The molecule has 2 aromatic rings. The number of rotatable bonds is 2. The van der Waals surface area contributed by atoms with E-state index in [1.807, 2.05) is 26.0 Å². The monoisotopic (exact) mass is 229 g/mol. The first kappa shape index (κ1) is 11.3. The van der Waals surface area contributed by atoms with Crippen LogP contribution in [0.5, 0.6) is 0 Å². The molecule has 0 N–H and O–H groups in total.